The molecule has 0 fully saturated rings. The SMILES string of the molecule is CNC(CCOC)Cc1ncnn1C(C)C. The van der Waals surface area contributed by atoms with Gasteiger partial charge < -0.3 is 10.1 Å². The van der Waals surface area contributed by atoms with Gasteiger partial charge in [-0.3, -0.25) is 0 Å². The molecule has 1 atom stereocenters. The van der Waals surface area contributed by atoms with Crippen LogP contribution in [-0.2, 0) is 11.2 Å². The summed E-state index contributed by atoms with van der Waals surface area (Å²) in [6.45, 7) is 4.99. The molecule has 1 heterocycles. The van der Waals surface area contributed by atoms with Gasteiger partial charge in [-0.15, -0.1) is 0 Å². The summed E-state index contributed by atoms with van der Waals surface area (Å²) in [5, 5.41) is 7.51. The third kappa shape index (κ3) is 3.57. The summed E-state index contributed by atoms with van der Waals surface area (Å²) in [6.07, 6.45) is 3.49. The van der Waals surface area contributed by atoms with Gasteiger partial charge in [-0.25, -0.2) is 9.67 Å². The van der Waals surface area contributed by atoms with Crippen LogP contribution in [0.25, 0.3) is 0 Å². The van der Waals surface area contributed by atoms with Crippen molar-refractivity contribution in [3.05, 3.63) is 12.2 Å². The average Bonchev–Trinajstić information content (AvgIpc) is 2.72. The van der Waals surface area contributed by atoms with Gasteiger partial charge in [0.25, 0.3) is 0 Å². The van der Waals surface area contributed by atoms with Crippen LogP contribution in [-0.4, -0.2) is 41.6 Å². The molecule has 0 saturated heterocycles. The molecule has 1 aromatic heterocycles. The number of hydrogen-bond acceptors (Lipinski definition) is 4. The Hall–Kier alpha value is -0.940. The van der Waals surface area contributed by atoms with Crippen LogP contribution in [0.1, 0.15) is 32.1 Å². The molecule has 0 aromatic carbocycles. The fourth-order valence-corrected chi connectivity index (χ4v) is 1.68. The van der Waals surface area contributed by atoms with Crippen LogP contribution in [0.15, 0.2) is 6.33 Å². The molecule has 0 spiro atoms. The predicted molar refractivity (Wildman–Crippen MR) is 63.5 cm³/mol. The van der Waals surface area contributed by atoms with Crippen molar-refractivity contribution >= 4 is 0 Å². The Morgan fingerprint density at radius 2 is 2.25 bits per heavy atom. The number of rotatable bonds is 7. The van der Waals surface area contributed by atoms with Crippen molar-refractivity contribution in [2.45, 2.75) is 38.8 Å². The molecule has 16 heavy (non-hydrogen) atoms. The molecule has 0 bridgehead atoms. The molecule has 1 N–H and O–H groups in total. The first-order valence-corrected chi connectivity index (χ1v) is 5.73. The van der Waals surface area contributed by atoms with E-state index in [9.17, 15) is 0 Å². The van der Waals surface area contributed by atoms with Crippen molar-refractivity contribution in [2.24, 2.45) is 0 Å². The fourth-order valence-electron chi connectivity index (χ4n) is 1.68. The van der Waals surface area contributed by atoms with E-state index < -0.39 is 0 Å². The summed E-state index contributed by atoms with van der Waals surface area (Å²) in [4.78, 5) is 4.30. The van der Waals surface area contributed by atoms with Crippen LogP contribution in [0.2, 0.25) is 0 Å². The second-order valence-electron chi connectivity index (χ2n) is 4.19. The smallest absolute Gasteiger partial charge is 0.138 e. The maximum Gasteiger partial charge on any atom is 0.138 e. The topological polar surface area (TPSA) is 52.0 Å². The van der Waals surface area contributed by atoms with Crippen LogP contribution < -0.4 is 5.32 Å². The number of ether oxygens (including phenoxy) is 1. The Labute approximate surface area is 97.2 Å². The first-order chi connectivity index (χ1) is 7.69. The highest BCUT2D eigenvalue weighted by Crippen LogP contribution is 2.08. The standard InChI is InChI=1S/C11H22N4O/c1-9(2)15-11(13-8-14-15)7-10(12-3)5-6-16-4/h8-10,12H,5-7H2,1-4H3. The molecule has 0 aliphatic carbocycles. The lowest BCUT2D eigenvalue weighted by atomic mass is 10.1. The highest BCUT2D eigenvalue weighted by Gasteiger charge is 2.13. The van der Waals surface area contributed by atoms with E-state index in [1.54, 1.807) is 13.4 Å². The lowest BCUT2D eigenvalue weighted by Crippen LogP contribution is -2.30. The van der Waals surface area contributed by atoms with Crippen molar-refractivity contribution in [1.82, 2.24) is 20.1 Å². The Kier molecular flexibility index (Phi) is 5.42. The molecule has 0 radical (unpaired) electrons. The maximum atomic E-state index is 5.09. The lowest BCUT2D eigenvalue weighted by Gasteiger charge is -2.16. The zero-order chi connectivity index (χ0) is 12.0. The van der Waals surface area contributed by atoms with Crippen LogP contribution in [0.3, 0.4) is 0 Å². The summed E-state index contributed by atoms with van der Waals surface area (Å²) >= 11 is 0. The Bertz CT molecular complexity index is 298. The van der Waals surface area contributed by atoms with Gasteiger partial charge in [-0.2, -0.15) is 5.10 Å². The minimum atomic E-state index is 0.359. The summed E-state index contributed by atoms with van der Waals surface area (Å²) in [7, 11) is 3.69. The Morgan fingerprint density at radius 3 is 2.81 bits per heavy atom. The lowest BCUT2D eigenvalue weighted by molar-refractivity contribution is 0.183. The number of nitrogens with one attached hydrogen (secondary N) is 1. The molecule has 1 rings (SSSR count). The van der Waals surface area contributed by atoms with E-state index in [2.05, 4.69) is 29.2 Å². The number of aromatic nitrogens is 3. The number of nitrogens with zero attached hydrogens (tertiary/aromatic N) is 3. The van der Waals surface area contributed by atoms with E-state index in [1.165, 1.54) is 0 Å². The van der Waals surface area contributed by atoms with Gasteiger partial charge in [0.05, 0.1) is 0 Å². The van der Waals surface area contributed by atoms with Gasteiger partial charge in [-0.1, -0.05) is 0 Å². The van der Waals surface area contributed by atoms with E-state index in [0.29, 0.717) is 12.1 Å². The average molecular weight is 226 g/mol. The second-order valence-corrected chi connectivity index (χ2v) is 4.19. The van der Waals surface area contributed by atoms with Crippen molar-refractivity contribution < 1.29 is 4.74 Å². The largest absolute Gasteiger partial charge is 0.385 e. The highest BCUT2D eigenvalue weighted by molar-refractivity contribution is 4.91. The monoisotopic (exact) mass is 226 g/mol. The van der Waals surface area contributed by atoms with Gasteiger partial charge in [0, 0.05) is 32.2 Å². The third-order valence-corrected chi connectivity index (χ3v) is 2.64. The molecular formula is C11H22N4O. The molecule has 0 aliphatic rings. The second kappa shape index (κ2) is 6.60. The van der Waals surface area contributed by atoms with Crippen LogP contribution in [0.4, 0.5) is 0 Å². The molecule has 0 amide bonds. The van der Waals surface area contributed by atoms with Crippen LogP contribution >= 0.6 is 0 Å². The third-order valence-electron chi connectivity index (χ3n) is 2.64. The van der Waals surface area contributed by atoms with Crippen LogP contribution in [0.5, 0.6) is 0 Å². The van der Waals surface area contributed by atoms with Crippen molar-refractivity contribution in [3.63, 3.8) is 0 Å². The molecular weight excluding hydrogens is 204 g/mol. The zero-order valence-electron chi connectivity index (χ0n) is 10.6. The number of hydrogen-bond donors (Lipinski definition) is 1. The normalized spacial score (nSPS) is 13.3. The Morgan fingerprint density at radius 1 is 1.50 bits per heavy atom. The minimum absolute atomic E-state index is 0.359. The van der Waals surface area contributed by atoms with E-state index in [4.69, 9.17) is 4.74 Å². The van der Waals surface area contributed by atoms with Gasteiger partial charge >= 0.3 is 0 Å². The summed E-state index contributed by atoms with van der Waals surface area (Å²) in [5.74, 6) is 1.03. The highest BCUT2D eigenvalue weighted by atomic mass is 16.5. The minimum Gasteiger partial charge on any atom is -0.385 e. The molecule has 1 unspecified atom stereocenters. The van der Waals surface area contributed by atoms with Gasteiger partial charge in [0.1, 0.15) is 12.2 Å². The van der Waals surface area contributed by atoms with Crippen molar-refractivity contribution in [3.8, 4) is 0 Å². The Balaban J connectivity index is 2.59. The summed E-state index contributed by atoms with van der Waals surface area (Å²) < 4.78 is 7.06. The first-order valence-electron chi connectivity index (χ1n) is 5.73. The van der Waals surface area contributed by atoms with Crippen LogP contribution in [0, 0.1) is 0 Å². The number of likely N-dealkylation sites (N-methyl/N-ethyl adjacent to an activating group) is 1. The van der Waals surface area contributed by atoms with E-state index in [0.717, 1.165) is 25.3 Å². The quantitative estimate of drug-likeness (QED) is 0.754. The first kappa shape index (κ1) is 13.1. The summed E-state index contributed by atoms with van der Waals surface area (Å²) in [5.41, 5.74) is 0. The predicted octanol–water partition coefficient (Wildman–Crippen LogP) is 1.03. The van der Waals surface area contributed by atoms with Gasteiger partial charge in [0.2, 0.25) is 0 Å². The molecule has 5 heteroatoms. The fraction of sp³-hybridized carbons (Fsp3) is 0.818. The van der Waals surface area contributed by atoms with Crippen molar-refractivity contribution in [1.29, 1.82) is 0 Å². The number of methoxy groups -OCH3 is 1. The molecule has 0 aliphatic heterocycles. The molecule has 0 saturated carbocycles. The van der Waals surface area contributed by atoms with Crippen molar-refractivity contribution in [2.75, 3.05) is 20.8 Å². The summed E-state index contributed by atoms with van der Waals surface area (Å²) in [6, 6.07) is 0.749. The van der Waals surface area contributed by atoms with E-state index >= 15 is 0 Å². The molecule has 1 aromatic rings. The van der Waals surface area contributed by atoms with Gasteiger partial charge in [-0.05, 0) is 27.3 Å². The maximum absolute atomic E-state index is 5.09. The molecule has 92 valence electrons. The van der Waals surface area contributed by atoms with Gasteiger partial charge in [0.15, 0.2) is 0 Å². The van der Waals surface area contributed by atoms with E-state index in [1.807, 2.05) is 11.7 Å². The van der Waals surface area contributed by atoms with E-state index in [-0.39, 0.29) is 0 Å². The molecule has 5 nitrogen and oxygen atoms in total. The zero-order valence-corrected chi connectivity index (χ0v) is 10.6.